The summed E-state index contributed by atoms with van der Waals surface area (Å²) in [5.74, 6) is -3.28. The van der Waals surface area contributed by atoms with E-state index in [-0.39, 0.29) is 24.4 Å². The number of Topliss-reactive ketones (excluding diaryl/α,β-unsaturated/α-hetero) is 2. The molecule has 0 saturated heterocycles. The second kappa shape index (κ2) is 9.87. The molecule has 0 aromatic carbocycles. The van der Waals surface area contributed by atoms with Crippen molar-refractivity contribution in [2.24, 2.45) is 11.8 Å². The first-order valence-corrected chi connectivity index (χ1v) is 7.76. The molecule has 0 aromatic rings. The number of allylic oxidation sites excluding steroid dienone is 2. The molecule has 0 aromatic heterocycles. The Bertz CT molecular complexity index is 470. The fourth-order valence-electron chi connectivity index (χ4n) is 1.85. The molecule has 0 rings (SSSR count). The van der Waals surface area contributed by atoms with Crippen LogP contribution in [0.4, 0.5) is 0 Å². The standard InChI is InChI=1S/C18H26O5/c1-7-13(9-15(19)11(3)4)17(21)23-18(22)14(8-2)10-16(20)12(5)6/h13-14H,3,5,7-10H2,1-2,4,6H3. The molecule has 0 heterocycles. The molecule has 0 bridgehead atoms. The summed E-state index contributed by atoms with van der Waals surface area (Å²) in [7, 11) is 0. The van der Waals surface area contributed by atoms with Gasteiger partial charge in [-0.05, 0) is 37.8 Å². The van der Waals surface area contributed by atoms with E-state index in [1.807, 2.05) is 0 Å². The molecule has 0 spiro atoms. The Balaban J connectivity index is 4.80. The van der Waals surface area contributed by atoms with E-state index >= 15 is 0 Å². The van der Waals surface area contributed by atoms with E-state index in [1.54, 1.807) is 27.7 Å². The molecule has 0 N–H and O–H groups in total. The molecular weight excluding hydrogens is 296 g/mol. The van der Waals surface area contributed by atoms with Crippen LogP contribution >= 0.6 is 0 Å². The summed E-state index contributed by atoms with van der Waals surface area (Å²) >= 11 is 0. The Kier molecular flexibility index (Phi) is 9.00. The van der Waals surface area contributed by atoms with Gasteiger partial charge in [-0.3, -0.25) is 19.2 Å². The minimum atomic E-state index is -0.728. The SMILES string of the molecule is C=C(C)C(=O)CC(CC)C(=O)OC(=O)C(CC)CC(=O)C(=C)C. The molecule has 2 unspecified atom stereocenters. The van der Waals surface area contributed by atoms with E-state index in [9.17, 15) is 19.2 Å². The zero-order valence-corrected chi connectivity index (χ0v) is 14.4. The van der Waals surface area contributed by atoms with Gasteiger partial charge in [0.15, 0.2) is 11.6 Å². The molecular formula is C18H26O5. The van der Waals surface area contributed by atoms with Crippen LogP contribution in [0.15, 0.2) is 24.3 Å². The summed E-state index contributed by atoms with van der Waals surface area (Å²) in [6.45, 7) is 13.7. The summed E-state index contributed by atoms with van der Waals surface area (Å²) in [6, 6.07) is 0. The van der Waals surface area contributed by atoms with Crippen molar-refractivity contribution in [1.29, 1.82) is 0 Å². The summed E-state index contributed by atoms with van der Waals surface area (Å²) < 4.78 is 4.88. The molecule has 0 amide bonds. The van der Waals surface area contributed by atoms with Crippen LogP contribution in [-0.4, -0.2) is 23.5 Å². The van der Waals surface area contributed by atoms with Crippen molar-refractivity contribution in [2.75, 3.05) is 0 Å². The van der Waals surface area contributed by atoms with Gasteiger partial charge in [-0.25, -0.2) is 0 Å². The quantitative estimate of drug-likeness (QED) is 0.351. The van der Waals surface area contributed by atoms with Gasteiger partial charge < -0.3 is 4.74 Å². The maximum atomic E-state index is 12.1. The van der Waals surface area contributed by atoms with Gasteiger partial charge in [0.25, 0.3) is 0 Å². The molecule has 0 saturated carbocycles. The fraction of sp³-hybridized carbons (Fsp3) is 0.556. The Labute approximate surface area is 137 Å². The van der Waals surface area contributed by atoms with Crippen molar-refractivity contribution >= 4 is 23.5 Å². The van der Waals surface area contributed by atoms with Gasteiger partial charge in [0.05, 0.1) is 11.8 Å². The highest BCUT2D eigenvalue weighted by atomic mass is 16.6. The van der Waals surface area contributed by atoms with Crippen LogP contribution in [0, 0.1) is 11.8 Å². The second-order valence-electron chi connectivity index (χ2n) is 5.77. The summed E-state index contributed by atoms with van der Waals surface area (Å²) in [6.07, 6.45) is 0.706. The maximum Gasteiger partial charge on any atom is 0.317 e. The normalized spacial score (nSPS) is 12.9. The lowest BCUT2D eigenvalue weighted by Crippen LogP contribution is -2.28. The van der Waals surface area contributed by atoms with Crippen molar-refractivity contribution in [3.63, 3.8) is 0 Å². The smallest absolute Gasteiger partial charge is 0.317 e. The minimum absolute atomic E-state index is 0.0283. The lowest BCUT2D eigenvalue weighted by Gasteiger charge is -2.16. The number of ether oxygens (including phenoxy) is 1. The topological polar surface area (TPSA) is 77.5 Å². The molecule has 5 nitrogen and oxygen atoms in total. The zero-order chi connectivity index (χ0) is 18.2. The van der Waals surface area contributed by atoms with E-state index in [1.165, 1.54) is 0 Å². The lowest BCUT2D eigenvalue weighted by molar-refractivity contribution is -0.166. The van der Waals surface area contributed by atoms with E-state index in [0.717, 1.165) is 0 Å². The Morgan fingerprint density at radius 1 is 0.783 bits per heavy atom. The number of ketones is 2. The third-order valence-electron chi connectivity index (χ3n) is 3.67. The summed E-state index contributed by atoms with van der Waals surface area (Å²) in [4.78, 5) is 47.4. The predicted octanol–water partition coefficient (Wildman–Crippen LogP) is 3.18. The van der Waals surface area contributed by atoms with Crippen LogP contribution < -0.4 is 0 Å². The van der Waals surface area contributed by atoms with Gasteiger partial charge in [0, 0.05) is 12.8 Å². The van der Waals surface area contributed by atoms with E-state index in [2.05, 4.69) is 13.2 Å². The van der Waals surface area contributed by atoms with Crippen LogP contribution in [0.2, 0.25) is 0 Å². The van der Waals surface area contributed by atoms with Crippen LogP contribution in [0.1, 0.15) is 53.4 Å². The minimum Gasteiger partial charge on any atom is -0.393 e. The lowest BCUT2D eigenvalue weighted by atomic mass is 9.96. The largest absolute Gasteiger partial charge is 0.393 e. The number of hydrogen-bond acceptors (Lipinski definition) is 5. The Hall–Kier alpha value is -2.04. The zero-order valence-electron chi connectivity index (χ0n) is 14.4. The van der Waals surface area contributed by atoms with E-state index in [4.69, 9.17) is 4.74 Å². The van der Waals surface area contributed by atoms with Gasteiger partial charge in [0.2, 0.25) is 0 Å². The Morgan fingerprint density at radius 2 is 1.09 bits per heavy atom. The molecule has 5 heteroatoms. The molecule has 2 atom stereocenters. The van der Waals surface area contributed by atoms with Crippen LogP contribution in [0.25, 0.3) is 0 Å². The molecule has 0 aliphatic carbocycles. The highest BCUT2D eigenvalue weighted by molar-refractivity contribution is 5.99. The van der Waals surface area contributed by atoms with Gasteiger partial charge in [-0.2, -0.15) is 0 Å². The monoisotopic (exact) mass is 322 g/mol. The van der Waals surface area contributed by atoms with Gasteiger partial charge in [0.1, 0.15) is 0 Å². The van der Waals surface area contributed by atoms with Crippen molar-refractivity contribution < 1.29 is 23.9 Å². The summed E-state index contributed by atoms with van der Waals surface area (Å²) in [5.41, 5.74) is 0.724. The number of rotatable bonds is 10. The van der Waals surface area contributed by atoms with Crippen LogP contribution in [0.3, 0.4) is 0 Å². The number of hydrogen-bond donors (Lipinski definition) is 0. The van der Waals surface area contributed by atoms with Crippen molar-refractivity contribution in [3.8, 4) is 0 Å². The highest BCUT2D eigenvalue weighted by Gasteiger charge is 2.28. The summed E-state index contributed by atoms with van der Waals surface area (Å²) in [5, 5.41) is 0. The van der Waals surface area contributed by atoms with Gasteiger partial charge >= 0.3 is 11.9 Å². The average molecular weight is 322 g/mol. The highest BCUT2D eigenvalue weighted by Crippen LogP contribution is 2.18. The number of carbonyl (C=O) groups is 4. The number of carbonyl (C=O) groups excluding carboxylic acids is 4. The maximum absolute atomic E-state index is 12.1. The molecule has 23 heavy (non-hydrogen) atoms. The van der Waals surface area contributed by atoms with E-state index < -0.39 is 23.8 Å². The second-order valence-corrected chi connectivity index (χ2v) is 5.77. The molecule has 0 aliphatic heterocycles. The van der Waals surface area contributed by atoms with Crippen molar-refractivity contribution in [1.82, 2.24) is 0 Å². The first-order chi connectivity index (χ1) is 10.6. The molecule has 128 valence electrons. The van der Waals surface area contributed by atoms with Crippen LogP contribution in [-0.2, 0) is 23.9 Å². The molecule has 0 aliphatic rings. The first-order valence-electron chi connectivity index (χ1n) is 7.76. The Morgan fingerprint density at radius 3 is 1.30 bits per heavy atom. The first kappa shape index (κ1) is 21.0. The van der Waals surface area contributed by atoms with Gasteiger partial charge in [-0.1, -0.05) is 27.0 Å². The predicted molar refractivity (Wildman–Crippen MR) is 87.5 cm³/mol. The third-order valence-corrected chi connectivity index (χ3v) is 3.67. The molecule has 0 radical (unpaired) electrons. The van der Waals surface area contributed by atoms with Crippen LogP contribution in [0.5, 0.6) is 0 Å². The van der Waals surface area contributed by atoms with Gasteiger partial charge in [-0.15, -0.1) is 0 Å². The number of esters is 2. The van der Waals surface area contributed by atoms with E-state index in [0.29, 0.717) is 24.0 Å². The third kappa shape index (κ3) is 7.17. The van der Waals surface area contributed by atoms with Crippen molar-refractivity contribution in [2.45, 2.75) is 53.4 Å². The van der Waals surface area contributed by atoms with Crippen molar-refractivity contribution in [3.05, 3.63) is 24.3 Å². The molecule has 0 fully saturated rings. The fourth-order valence-corrected chi connectivity index (χ4v) is 1.85. The average Bonchev–Trinajstić information content (AvgIpc) is 2.48.